The van der Waals surface area contributed by atoms with Crippen LogP contribution in [0.2, 0.25) is 0 Å². The van der Waals surface area contributed by atoms with Crippen LogP contribution in [0.4, 0.5) is 0 Å². The number of rotatable bonds is 8. The first-order valence-electron chi connectivity index (χ1n) is 7.92. The minimum atomic E-state index is -0.442. The molecule has 1 amide bonds. The molecule has 7 heteroatoms. The van der Waals surface area contributed by atoms with Crippen LogP contribution in [0.3, 0.4) is 0 Å². The molecular formula is C17H26N2O5. The Morgan fingerprint density at radius 2 is 1.79 bits per heavy atom. The number of ketones is 1. The third-order valence-corrected chi connectivity index (χ3v) is 3.90. The number of aromatic nitrogens is 1. The molecule has 0 aliphatic rings. The lowest BCUT2D eigenvalue weighted by atomic mass is 10.1. The summed E-state index contributed by atoms with van der Waals surface area (Å²) < 4.78 is 11.7. The summed E-state index contributed by atoms with van der Waals surface area (Å²) in [5, 5.41) is 0. The molecule has 0 spiro atoms. The number of likely N-dealkylation sites (N-methyl/N-ethyl adjacent to an activating group) is 1. The summed E-state index contributed by atoms with van der Waals surface area (Å²) in [6.45, 7) is 7.83. The lowest BCUT2D eigenvalue weighted by Gasteiger charge is -2.16. The van der Waals surface area contributed by atoms with Gasteiger partial charge >= 0.3 is 5.97 Å². The van der Waals surface area contributed by atoms with Crippen LogP contribution >= 0.6 is 0 Å². The van der Waals surface area contributed by atoms with Crippen molar-refractivity contribution in [3.05, 3.63) is 22.5 Å². The number of esters is 1. The van der Waals surface area contributed by atoms with Gasteiger partial charge in [-0.2, -0.15) is 0 Å². The summed E-state index contributed by atoms with van der Waals surface area (Å²) in [6, 6.07) is 0. The summed E-state index contributed by atoms with van der Waals surface area (Å²) in [5.41, 5.74) is 2.16. The van der Waals surface area contributed by atoms with Gasteiger partial charge in [-0.25, -0.2) is 4.79 Å². The molecular weight excluding hydrogens is 312 g/mol. The largest absolute Gasteiger partial charge is 0.461 e. The maximum Gasteiger partial charge on any atom is 0.355 e. The molecule has 1 aromatic heterocycles. The Labute approximate surface area is 142 Å². The van der Waals surface area contributed by atoms with Crippen LogP contribution < -0.4 is 0 Å². The molecule has 7 nitrogen and oxygen atoms in total. The van der Waals surface area contributed by atoms with Crippen molar-refractivity contribution < 1.29 is 23.9 Å². The van der Waals surface area contributed by atoms with E-state index in [1.165, 1.54) is 12.0 Å². The van der Waals surface area contributed by atoms with Gasteiger partial charge in [0.25, 0.3) is 0 Å². The van der Waals surface area contributed by atoms with E-state index in [1.54, 1.807) is 32.4 Å². The van der Waals surface area contributed by atoms with Crippen molar-refractivity contribution in [1.29, 1.82) is 0 Å². The molecule has 0 aromatic carbocycles. The monoisotopic (exact) mass is 338 g/mol. The van der Waals surface area contributed by atoms with Gasteiger partial charge in [0.2, 0.25) is 5.91 Å². The van der Waals surface area contributed by atoms with Gasteiger partial charge in [-0.05, 0) is 33.3 Å². The van der Waals surface area contributed by atoms with Crippen LogP contribution in [0.15, 0.2) is 0 Å². The van der Waals surface area contributed by atoms with E-state index in [9.17, 15) is 14.4 Å². The first-order chi connectivity index (χ1) is 11.3. The van der Waals surface area contributed by atoms with Crippen molar-refractivity contribution >= 4 is 17.7 Å². The van der Waals surface area contributed by atoms with Gasteiger partial charge in [0.1, 0.15) is 12.3 Å². The molecule has 0 fully saturated rings. The van der Waals surface area contributed by atoms with E-state index in [2.05, 4.69) is 0 Å². The molecule has 0 saturated carbocycles. The highest BCUT2D eigenvalue weighted by Crippen LogP contribution is 2.24. The summed E-state index contributed by atoms with van der Waals surface area (Å²) in [7, 11) is 2.97. The second-order valence-electron chi connectivity index (χ2n) is 5.50. The second-order valence-corrected chi connectivity index (χ2v) is 5.50. The average Bonchev–Trinajstić information content (AvgIpc) is 2.77. The minimum absolute atomic E-state index is 0.0696. The topological polar surface area (TPSA) is 77.8 Å². The number of hydrogen-bond acceptors (Lipinski definition) is 5. The van der Waals surface area contributed by atoms with E-state index in [4.69, 9.17) is 9.47 Å². The number of nitrogens with zero attached hydrogens (tertiary/aromatic N) is 2. The van der Waals surface area contributed by atoms with E-state index < -0.39 is 5.97 Å². The van der Waals surface area contributed by atoms with Crippen LogP contribution in [0.25, 0.3) is 0 Å². The molecule has 0 unspecified atom stereocenters. The van der Waals surface area contributed by atoms with Crippen LogP contribution in [0.1, 0.15) is 46.0 Å². The number of carbonyl (C=O) groups excluding carboxylic acids is 3. The van der Waals surface area contributed by atoms with E-state index in [0.29, 0.717) is 29.1 Å². The maximum atomic E-state index is 12.7. The van der Waals surface area contributed by atoms with Crippen LogP contribution in [-0.2, 0) is 20.8 Å². The molecule has 0 N–H and O–H groups in total. The van der Waals surface area contributed by atoms with Gasteiger partial charge in [-0.1, -0.05) is 0 Å². The normalized spacial score (nSPS) is 10.6. The van der Waals surface area contributed by atoms with Crippen molar-refractivity contribution in [3.8, 4) is 0 Å². The van der Waals surface area contributed by atoms with Crippen molar-refractivity contribution in [2.75, 3.05) is 33.9 Å². The molecule has 0 radical (unpaired) electrons. The summed E-state index contributed by atoms with van der Waals surface area (Å²) in [4.78, 5) is 38.0. The smallest absolute Gasteiger partial charge is 0.355 e. The number of ether oxygens (including phenoxy) is 2. The Kier molecular flexibility index (Phi) is 7.16. The molecule has 0 bridgehead atoms. The zero-order valence-corrected chi connectivity index (χ0v) is 15.3. The Morgan fingerprint density at radius 1 is 1.17 bits per heavy atom. The highest BCUT2D eigenvalue weighted by Gasteiger charge is 2.27. The van der Waals surface area contributed by atoms with Crippen LogP contribution in [-0.4, -0.2) is 61.0 Å². The maximum absolute atomic E-state index is 12.7. The molecule has 0 aliphatic heterocycles. The van der Waals surface area contributed by atoms with E-state index in [-0.39, 0.29) is 31.4 Å². The van der Waals surface area contributed by atoms with Crippen molar-refractivity contribution in [1.82, 2.24) is 9.47 Å². The quantitative estimate of drug-likeness (QED) is 0.531. The molecule has 24 heavy (non-hydrogen) atoms. The highest BCUT2D eigenvalue weighted by atomic mass is 16.5. The highest BCUT2D eigenvalue weighted by molar-refractivity contribution is 6.04. The van der Waals surface area contributed by atoms with Gasteiger partial charge in [-0.15, -0.1) is 0 Å². The number of Topliss-reactive ketones (excluding diaryl/α,β-unsaturated/α-hetero) is 1. The number of methoxy groups -OCH3 is 1. The Balaban J connectivity index is 3.18. The van der Waals surface area contributed by atoms with E-state index in [1.807, 2.05) is 6.92 Å². The fraction of sp³-hybridized carbons (Fsp3) is 0.588. The third-order valence-electron chi connectivity index (χ3n) is 3.90. The Bertz CT molecular complexity index is 633. The van der Waals surface area contributed by atoms with Crippen molar-refractivity contribution in [3.63, 3.8) is 0 Å². The zero-order chi connectivity index (χ0) is 18.4. The number of hydrogen-bond donors (Lipinski definition) is 0. The summed E-state index contributed by atoms with van der Waals surface area (Å²) in [6.07, 6.45) is 0. The Hall–Kier alpha value is -2.15. The predicted molar refractivity (Wildman–Crippen MR) is 89.4 cm³/mol. The summed E-state index contributed by atoms with van der Waals surface area (Å²) in [5.74, 6) is -0.931. The molecule has 1 heterocycles. The van der Waals surface area contributed by atoms with Gasteiger partial charge in [0.15, 0.2) is 5.78 Å². The molecule has 0 aliphatic carbocycles. The molecule has 0 saturated heterocycles. The lowest BCUT2D eigenvalue weighted by molar-refractivity contribution is -0.133. The fourth-order valence-electron chi connectivity index (χ4n) is 2.78. The first kappa shape index (κ1) is 19.9. The Morgan fingerprint density at radius 3 is 2.29 bits per heavy atom. The lowest BCUT2D eigenvalue weighted by Crippen LogP contribution is -2.34. The van der Waals surface area contributed by atoms with Gasteiger partial charge in [0.05, 0.1) is 13.2 Å². The third kappa shape index (κ3) is 4.03. The van der Waals surface area contributed by atoms with Gasteiger partial charge in [0, 0.05) is 32.0 Å². The average molecular weight is 338 g/mol. The number of amides is 1. The fourth-order valence-corrected chi connectivity index (χ4v) is 2.78. The van der Waals surface area contributed by atoms with Crippen molar-refractivity contribution in [2.24, 2.45) is 0 Å². The standard InChI is InChI=1S/C17H26N2O5/c1-7-19-12(4)15(11(3)16(19)17(22)24-8-2)13(20)9-18(5)14(21)10-23-6/h7-10H2,1-6H3. The summed E-state index contributed by atoms with van der Waals surface area (Å²) >= 11 is 0. The molecule has 134 valence electrons. The van der Waals surface area contributed by atoms with Gasteiger partial charge in [-0.3, -0.25) is 9.59 Å². The van der Waals surface area contributed by atoms with Crippen molar-refractivity contribution in [2.45, 2.75) is 34.2 Å². The molecule has 1 rings (SSSR count). The van der Waals surface area contributed by atoms with Crippen LogP contribution in [0, 0.1) is 13.8 Å². The van der Waals surface area contributed by atoms with Crippen LogP contribution in [0.5, 0.6) is 0 Å². The number of carbonyl (C=O) groups is 3. The second kappa shape index (κ2) is 8.63. The zero-order valence-electron chi connectivity index (χ0n) is 15.3. The van der Waals surface area contributed by atoms with E-state index in [0.717, 1.165) is 0 Å². The van der Waals surface area contributed by atoms with Gasteiger partial charge < -0.3 is 18.9 Å². The molecule has 0 atom stereocenters. The minimum Gasteiger partial charge on any atom is -0.461 e. The molecule has 1 aromatic rings. The predicted octanol–water partition coefficient (Wildman–Crippen LogP) is 1.59. The van der Waals surface area contributed by atoms with E-state index >= 15 is 0 Å². The SMILES string of the molecule is CCOC(=O)c1c(C)c(C(=O)CN(C)C(=O)COC)c(C)n1CC. The first-order valence-corrected chi connectivity index (χ1v) is 7.92.